The summed E-state index contributed by atoms with van der Waals surface area (Å²) in [4.78, 5) is 12.8. The second-order valence-corrected chi connectivity index (χ2v) is 22.3. The molecule has 0 aliphatic carbocycles. The van der Waals surface area contributed by atoms with Gasteiger partial charge in [-0.15, -0.1) is 0 Å². The molecule has 1 aromatic carbocycles. The highest BCUT2D eigenvalue weighted by Crippen LogP contribution is 2.39. The predicted octanol–water partition coefficient (Wildman–Crippen LogP) is 7.75. The molecule has 0 aliphatic heterocycles. The SMILES string of the molecule is COc1ccc(CO[C@@H](CCCCO[Si](C)(C)C(C)(C)C)[C@H](O[Si](C)(C)C(C)(C)C)C(C)=O)cc1. The van der Waals surface area contributed by atoms with E-state index in [0.717, 1.165) is 37.2 Å². The minimum Gasteiger partial charge on any atom is -0.497 e. The van der Waals surface area contributed by atoms with Gasteiger partial charge in [0.05, 0.1) is 19.8 Å². The van der Waals surface area contributed by atoms with Gasteiger partial charge in [0.15, 0.2) is 22.4 Å². The number of carbonyl (C=O) groups is 1. The van der Waals surface area contributed by atoms with Crippen molar-refractivity contribution in [1.82, 2.24) is 0 Å². The van der Waals surface area contributed by atoms with Crippen molar-refractivity contribution in [3.8, 4) is 5.75 Å². The Balaban J connectivity index is 2.92. The molecule has 0 aromatic heterocycles. The summed E-state index contributed by atoms with van der Waals surface area (Å²) in [5.74, 6) is 0.849. The first-order valence-electron chi connectivity index (χ1n) is 13.0. The highest BCUT2D eigenvalue weighted by Gasteiger charge is 2.42. The van der Waals surface area contributed by atoms with Gasteiger partial charge in [0.1, 0.15) is 11.9 Å². The van der Waals surface area contributed by atoms with Crippen LogP contribution >= 0.6 is 0 Å². The van der Waals surface area contributed by atoms with Crippen molar-refractivity contribution in [1.29, 1.82) is 0 Å². The van der Waals surface area contributed by atoms with Crippen LogP contribution in [0, 0.1) is 0 Å². The van der Waals surface area contributed by atoms with E-state index in [4.69, 9.17) is 18.3 Å². The maximum atomic E-state index is 12.8. The second-order valence-electron chi connectivity index (χ2n) is 12.7. The summed E-state index contributed by atoms with van der Waals surface area (Å²) in [6.07, 6.45) is 1.77. The third-order valence-corrected chi connectivity index (χ3v) is 16.7. The zero-order valence-corrected chi connectivity index (χ0v) is 26.5. The van der Waals surface area contributed by atoms with Crippen molar-refractivity contribution < 1.29 is 23.1 Å². The molecule has 1 rings (SSSR count). The van der Waals surface area contributed by atoms with Gasteiger partial charge in [-0.1, -0.05) is 53.7 Å². The summed E-state index contributed by atoms with van der Waals surface area (Å²) in [6.45, 7) is 25.1. The number of ether oxygens (including phenoxy) is 2. The lowest BCUT2D eigenvalue weighted by molar-refractivity contribution is -0.133. The minimum atomic E-state index is -2.15. The number of hydrogen-bond donors (Lipinski definition) is 0. The second kappa shape index (κ2) is 13.0. The molecule has 0 spiro atoms. The van der Waals surface area contributed by atoms with Gasteiger partial charge in [-0.05, 0) is 80.1 Å². The molecule has 0 N–H and O–H groups in total. The minimum absolute atomic E-state index is 0.0121. The molecule has 0 aliphatic rings. The molecule has 7 heteroatoms. The van der Waals surface area contributed by atoms with E-state index in [1.165, 1.54) is 0 Å². The van der Waals surface area contributed by atoms with E-state index >= 15 is 0 Å². The van der Waals surface area contributed by atoms with Gasteiger partial charge in [-0.3, -0.25) is 4.79 Å². The van der Waals surface area contributed by atoms with E-state index in [9.17, 15) is 4.79 Å². The Morgan fingerprint density at radius 2 is 1.43 bits per heavy atom. The number of hydrogen-bond acceptors (Lipinski definition) is 5. The van der Waals surface area contributed by atoms with Crippen LogP contribution < -0.4 is 4.74 Å². The van der Waals surface area contributed by atoms with Crippen molar-refractivity contribution >= 4 is 22.4 Å². The first kappa shape index (κ1) is 32.0. The fraction of sp³-hybridized carbons (Fsp3) is 0.750. The van der Waals surface area contributed by atoms with E-state index in [2.05, 4.69) is 67.7 Å². The monoisotopic (exact) mass is 524 g/mol. The molecule has 1 aromatic rings. The van der Waals surface area contributed by atoms with Crippen molar-refractivity contribution in [3.63, 3.8) is 0 Å². The summed E-state index contributed by atoms with van der Waals surface area (Å²) in [7, 11) is -2.25. The fourth-order valence-electron chi connectivity index (χ4n) is 3.15. The van der Waals surface area contributed by atoms with Crippen LogP contribution in [-0.4, -0.2) is 48.3 Å². The Bertz CT molecular complexity index is 776. The lowest BCUT2D eigenvalue weighted by atomic mass is 10.0. The summed E-state index contributed by atoms with van der Waals surface area (Å²) >= 11 is 0. The Labute approximate surface area is 217 Å². The lowest BCUT2D eigenvalue weighted by Gasteiger charge is -2.40. The third kappa shape index (κ3) is 10.1. The van der Waals surface area contributed by atoms with Crippen LogP contribution in [0.1, 0.15) is 73.3 Å². The molecule has 0 heterocycles. The Morgan fingerprint density at radius 1 is 0.886 bits per heavy atom. The van der Waals surface area contributed by atoms with Gasteiger partial charge >= 0.3 is 0 Å². The first-order valence-corrected chi connectivity index (χ1v) is 18.8. The van der Waals surface area contributed by atoms with E-state index in [0.29, 0.717) is 6.61 Å². The first-order chi connectivity index (χ1) is 15.9. The van der Waals surface area contributed by atoms with Gasteiger partial charge in [0, 0.05) is 6.61 Å². The molecule has 5 nitrogen and oxygen atoms in total. The van der Waals surface area contributed by atoms with E-state index in [-0.39, 0.29) is 22.0 Å². The summed E-state index contributed by atoms with van der Waals surface area (Å²) < 4.78 is 24.6. The van der Waals surface area contributed by atoms with Gasteiger partial charge in [0.25, 0.3) is 0 Å². The molecular weight excluding hydrogens is 472 g/mol. The van der Waals surface area contributed by atoms with Crippen molar-refractivity contribution in [3.05, 3.63) is 29.8 Å². The van der Waals surface area contributed by atoms with Crippen LogP contribution in [-0.2, 0) is 25.0 Å². The molecule has 0 bridgehead atoms. The average molecular weight is 525 g/mol. The molecule has 35 heavy (non-hydrogen) atoms. The van der Waals surface area contributed by atoms with E-state index < -0.39 is 22.7 Å². The molecule has 2 atom stereocenters. The van der Waals surface area contributed by atoms with Gasteiger partial charge < -0.3 is 18.3 Å². The molecule has 202 valence electrons. The number of rotatable bonds is 14. The smallest absolute Gasteiger partial charge is 0.193 e. The topological polar surface area (TPSA) is 54.0 Å². The van der Waals surface area contributed by atoms with Crippen LogP contribution in [0.15, 0.2) is 24.3 Å². The zero-order chi connectivity index (χ0) is 27.1. The normalized spacial score (nSPS) is 15.1. The molecule has 0 saturated heterocycles. The molecule has 0 amide bonds. The lowest BCUT2D eigenvalue weighted by Crippen LogP contribution is -2.50. The average Bonchev–Trinajstić information content (AvgIpc) is 2.72. The van der Waals surface area contributed by atoms with Crippen LogP contribution in [0.5, 0.6) is 5.75 Å². The van der Waals surface area contributed by atoms with Gasteiger partial charge in [0.2, 0.25) is 0 Å². The molecule has 0 saturated carbocycles. The summed E-state index contributed by atoms with van der Waals surface area (Å²) in [6, 6.07) is 7.86. The van der Waals surface area contributed by atoms with Crippen LogP contribution in [0.25, 0.3) is 0 Å². The number of methoxy groups -OCH3 is 1. The van der Waals surface area contributed by atoms with Crippen LogP contribution in [0.3, 0.4) is 0 Å². The standard InChI is InChI=1S/C28H52O5Si2/c1-22(29)26(33-35(11,12)28(5,6)7)25(31-21-23-16-18-24(30-8)19-17-23)15-13-14-20-32-34(9,10)27(2,3)4/h16-19,25-26H,13-15,20-21H2,1-12H3/t25-,26+/m0/s1. The van der Waals surface area contributed by atoms with Crippen LogP contribution in [0.2, 0.25) is 36.3 Å². The highest BCUT2D eigenvalue weighted by molar-refractivity contribution is 6.74. The summed E-state index contributed by atoms with van der Waals surface area (Å²) in [5.41, 5.74) is 1.05. The molecule has 0 fully saturated rings. The Kier molecular flexibility index (Phi) is 11.9. The van der Waals surface area contributed by atoms with Crippen LogP contribution in [0.4, 0.5) is 0 Å². The maximum Gasteiger partial charge on any atom is 0.193 e. The number of Topliss-reactive ketones (excluding diaryl/α,β-unsaturated/α-hetero) is 1. The maximum absolute atomic E-state index is 12.8. The van der Waals surface area contributed by atoms with Gasteiger partial charge in [-0.25, -0.2) is 0 Å². The Hall–Kier alpha value is -0.996. The third-order valence-electron chi connectivity index (χ3n) is 7.74. The fourth-order valence-corrected chi connectivity index (χ4v) is 5.55. The number of benzene rings is 1. The number of unbranched alkanes of at least 4 members (excludes halogenated alkanes) is 1. The number of carbonyl (C=O) groups excluding carboxylic acids is 1. The molecular formula is C28H52O5Si2. The Morgan fingerprint density at radius 3 is 1.89 bits per heavy atom. The zero-order valence-electron chi connectivity index (χ0n) is 24.5. The highest BCUT2D eigenvalue weighted by atomic mass is 28.4. The molecule has 0 unspecified atom stereocenters. The van der Waals surface area contributed by atoms with Crippen molar-refractivity contribution in [2.45, 2.75) is 123 Å². The van der Waals surface area contributed by atoms with E-state index in [1.807, 2.05) is 24.3 Å². The summed E-state index contributed by atoms with van der Waals surface area (Å²) in [5, 5.41) is 0.214. The van der Waals surface area contributed by atoms with Crippen molar-refractivity contribution in [2.75, 3.05) is 13.7 Å². The predicted molar refractivity (Wildman–Crippen MR) is 151 cm³/mol. The number of ketones is 1. The largest absolute Gasteiger partial charge is 0.497 e. The van der Waals surface area contributed by atoms with Gasteiger partial charge in [-0.2, -0.15) is 0 Å². The molecule has 0 radical (unpaired) electrons. The quantitative estimate of drug-likeness (QED) is 0.184. The van der Waals surface area contributed by atoms with Crippen molar-refractivity contribution in [2.24, 2.45) is 0 Å². The van der Waals surface area contributed by atoms with E-state index in [1.54, 1.807) is 14.0 Å².